The van der Waals surface area contributed by atoms with E-state index in [4.69, 9.17) is 0 Å². The third kappa shape index (κ3) is 4.62. The van der Waals surface area contributed by atoms with Gasteiger partial charge in [-0.15, -0.1) is 0 Å². The second kappa shape index (κ2) is 8.91. The number of nitrogens with one attached hydrogen (secondary N) is 2. The molecule has 1 unspecified atom stereocenters. The molecule has 0 aliphatic carbocycles. The lowest BCUT2D eigenvalue weighted by molar-refractivity contribution is -0.130. The molecule has 4 rings (SSSR count). The van der Waals surface area contributed by atoms with Crippen molar-refractivity contribution in [1.82, 2.24) is 10.2 Å². The van der Waals surface area contributed by atoms with Gasteiger partial charge >= 0.3 is 6.03 Å². The molecule has 0 spiro atoms. The fourth-order valence-corrected chi connectivity index (χ4v) is 4.73. The zero-order valence-corrected chi connectivity index (χ0v) is 19.1. The number of amides is 3. The molecule has 1 fully saturated rings. The molecule has 35 heavy (non-hydrogen) atoms. The highest BCUT2D eigenvalue weighted by molar-refractivity contribution is 7.92. The van der Waals surface area contributed by atoms with Crippen LogP contribution in [-0.4, -0.2) is 37.6 Å². The Morgan fingerprint density at radius 1 is 1.00 bits per heavy atom. The largest absolute Gasteiger partial charge is 0.325 e. The highest BCUT2D eigenvalue weighted by Gasteiger charge is 2.49. The zero-order valence-electron chi connectivity index (χ0n) is 18.3. The van der Waals surface area contributed by atoms with E-state index in [0.29, 0.717) is 16.7 Å². The lowest BCUT2D eigenvalue weighted by atomic mass is 9.92. The number of halogens is 2. The summed E-state index contributed by atoms with van der Waals surface area (Å²) >= 11 is 0. The van der Waals surface area contributed by atoms with Crippen LogP contribution in [-0.2, 0) is 20.4 Å². The van der Waals surface area contributed by atoms with Crippen molar-refractivity contribution in [3.05, 3.63) is 95.6 Å². The number of hydrogen-bond donors (Lipinski definition) is 2. The Kier molecular flexibility index (Phi) is 6.12. The van der Waals surface area contributed by atoms with E-state index in [1.54, 1.807) is 30.3 Å². The first-order valence-corrected chi connectivity index (χ1v) is 11.8. The van der Waals surface area contributed by atoms with Gasteiger partial charge in [-0.3, -0.25) is 19.2 Å². The van der Waals surface area contributed by atoms with Crippen molar-refractivity contribution in [3.63, 3.8) is 0 Å². The minimum atomic E-state index is -3.90. The van der Waals surface area contributed by atoms with Crippen molar-refractivity contribution < 1.29 is 31.6 Å². The SMILES string of the molecule is CC1(c2ccc(S(=O)(=O)Nc3ccccc3)cc2)NC(=O)N(CC(=O)c2ccc(F)cc2F)C1=O. The van der Waals surface area contributed by atoms with Gasteiger partial charge in [0.25, 0.3) is 15.9 Å². The number of Topliss-reactive ketones (excluding diaryl/α,β-unsaturated/α-hetero) is 1. The van der Waals surface area contributed by atoms with E-state index < -0.39 is 57.0 Å². The second-order valence-electron chi connectivity index (χ2n) is 7.99. The number of urea groups is 1. The summed E-state index contributed by atoms with van der Waals surface area (Å²) < 4.78 is 54.8. The predicted octanol–water partition coefficient (Wildman–Crippen LogP) is 3.42. The summed E-state index contributed by atoms with van der Waals surface area (Å²) in [5.74, 6) is -3.64. The summed E-state index contributed by atoms with van der Waals surface area (Å²) in [7, 11) is -3.90. The molecular weight excluding hydrogens is 480 g/mol. The van der Waals surface area contributed by atoms with Gasteiger partial charge in [0, 0.05) is 11.8 Å². The van der Waals surface area contributed by atoms with Crippen LogP contribution in [0.15, 0.2) is 77.7 Å². The molecule has 8 nitrogen and oxygen atoms in total. The lowest BCUT2D eigenvalue weighted by Gasteiger charge is -2.22. The number of rotatable bonds is 7. The van der Waals surface area contributed by atoms with E-state index >= 15 is 0 Å². The van der Waals surface area contributed by atoms with Crippen LogP contribution in [0.4, 0.5) is 19.3 Å². The standard InChI is InChI=1S/C24H19F2N3O5S/c1-24(15-7-10-18(11-8-15)35(33,34)28-17-5-3-2-4-6-17)22(31)29(23(32)27-24)14-21(30)19-12-9-16(25)13-20(19)26/h2-13,28H,14H2,1H3,(H,27,32). The molecule has 1 saturated heterocycles. The number of benzene rings is 3. The Bertz CT molecular complexity index is 1430. The van der Waals surface area contributed by atoms with Crippen molar-refractivity contribution in [2.75, 3.05) is 11.3 Å². The molecular formula is C24H19F2N3O5S. The van der Waals surface area contributed by atoms with Gasteiger partial charge < -0.3 is 5.32 Å². The minimum Gasteiger partial charge on any atom is -0.319 e. The number of hydrogen-bond acceptors (Lipinski definition) is 5. The maximum absolute atomic E-state index is 13.9. The van der Waals surface area contributed by atoms with E-state index in [1.165, 1.54) is 31.2 Å². The van der Waals surface area contributed by atoms with Gasteiger partial charge in [0.2, 0.25) is 0 Å². The van der Waals surface area contributed by atoms with Crippen LogP contribution in [0.1, 0.15) is 22.8 Å². The smallest absolute Gasteiger partial charge is 0.319 e. The van der Waals surface area contributed by atoms with Gasteiger partial charge in [0.15, 0.2) is 5.78 Å². The average molecular weight is 499 g/mol. The summed E-state index contributed by atoms with van der Waals surface area (Å²) in [6.07, 6.45) is 0. The number of imide groups is 1. The fourth-order valence-electron chi connectivity index (χ4n) is 3.67. The molecule has 1 heterocycles. The predicted molar refractivity (Wildman–Crippen MR) is 122 cm³/mol. The van der Waals surface area contributed by atoms with Crippen LogP contribution in [0.3, 0.4) is 0 Å². The number of nitrogens with zero attached hydrogens (tertiary/aromatic N) is 1. The zero-order chi connectivity index (χ0) is 25.4. The molecule has 0 bridgehead atoms. The van der Waals surface area contributed by atoms with Crippen LogP contribution in [0.5, 0.6) is 0 Å². The molecule has 1 aliphatic heterocycles. The molecule has 3 aromatic carbocycles. The first-order valence-electron chi connectivity index (χ1n) is 10.3. The number of para-hydroxylation sites is 1. The van der Waals surface area contributed by atoms with Crippen LogP contribution >= 0.6 is 0 Å². The molecule has 180 valence electrons. The van der Waals surface area contributed by atoms with Crippen molar-refractivity contribution >= 4 is 33.4 Å². The van der Waals surface area contributed by atoms with Crippen LogP contribution in [0.2, 0.25) is 0 Å². The number of sulfonamides is 1. The van der Waals surface area contributed by atoms with Crippen LogP contribution in [0.25, 0.3) is 0 Å². The van der Waals surface area contributed by atoms with Crippen LogP contribution in [0, 0.1) is 11.6 Å². The lowest BCUT2D eigenvalue weighted by Crippen LogP contribution is -2.41. The fraction of sp³-hybridized carbons (Fsp3) is 0.125. The topological polar surface area (TPSA) is 113 Å². The van der Waals surface area contributed by atoms with Crippen LogP contribution < -0.4 is 10.0 Å². The Balaban J connectivity index is 1.53. The molecule has 1 atom stereocenters. The number of carbonyl (C=O) groups excluding carboxylic acids is 3. The third-order valence-electron chi connectivity index (χ3n) is 5.58. The summed E-state index contributed by atoms with van der Waals surface area (Å²) in [5, 5.41) is 2.49. The summed E-state index contributed by atoms with van der Waals surface area (Å²) in [4.78, 5) is 38.6. The van der Waals surface area contributed by atoms with E-state index in [1.807, 2.05) is 0 Å². The highest BCUT2D eigenvalue weighted by atomic mass is 32.2. The normalized spacial score (nSPS) is 17.9. The number of ketones is 1. The van der Waals surface area contributed by atoms with Crippen molar-refractivity contribution in [2.24, 2.45) is 0 Å². The van der Waals surface area contributed by atoms with Gasteiger partial charge in [-0.05, 0) is 48.9 Å². The van der Waals surface area contributed by atoms with E-state index in [9.17, 15) is 31.6 Å². The van der Waals surface area contributed by atoms with Gasteiger partial charge in [0.05, 0.1) is 17.0 Å². The second-order valence-corrected chi connectivity index (χ2v) is 9.67. The van der Waals surface area contributed by atoms with Crippen molar-refractivity contribution in [3.8, 4) is 0 Å². The van der Waals surface area contributed by atoms with Gasteiger partial charge in [0.1, 0.15) is 17.2 Å². The maximum Gasteiger partial charge on any atom is 0.325 e. The van der Waals surface area contributed by atoms with E-state index in [2.05, 4.69) is 10.0 Å². The number of carbonyl (C=O) groups is 3. The number of anilines is 1. The minimum absolute atomic E-state index is 0.0655. The van der Waals surface area contributed by atoms with Gasteiger partial charge in [-0.25, -0.2) is 22.0 Å². The third-order valence-corrected chi connectivity index (χ3v) is 6.97. The van der Waals surface area contributed by atoms with Crippen molar-refractivity contribution in [1.29, 1.82) is 0 Å². The Labute approximate surface area is 199 Å². The Morgan fingerprint density at radius 2 is 1.66 bits per heavy atom. The highest BCUT2D eigenvalue weighted by Crippen LogP contribution is 2.30. The summed E-state index contributed by atoms with van der Waals surface area (Å²) in [5.41, 5.74) is -1.40. The summed E-state index contributed by atoms with van der Waals surface area (Å²) in [6.45, 7) is 0.651. The molecule has 11 heteroatoms. The molecule has 0 saturated carbocycles. The summed E-state index contributed by atoms with van der Waals surface area (Å²) in [6, 6.07) is 15.1. The monoisotopic (exact) mass is 499 g/mol. The Hall–Kier alpha value is -4.12. The van der Waals surface area contributed by atoms with E-state index in [-0.39, 0.29) is 10.5 Å². The molecule has 0 aromatic heterocycles. The van der Waals surface area contributed by atoms with E-state index in [0.717, 1.165) is 12.1 Å². The maximum atomic E-state index is 13.9. The quantitative estimate of drug-likeness (QED) is 0.382. The van der Waals surface area contributed by atoms with Gasteiger partial charge in [-0.1, -0.05) is 30.3 Å². The average Bonchev–Trinajstić information content (AvgIpc) is 3.03. The Morgan fingerprint density at radius 3 is 2.29 bits per heavy atom. The first-order chi connectivity index (χ1) is 16.5. The molecule has 1 aliphatic rings. The first kappa shape index (κ1) is 24.0. The molecule has 3 aromatic rings. The van der Waals surface area contributed by atoms with Crippen molar-refractivity contribution in [2.45, 2.75) is 17.4 Å². The molecule has 2 N–H and O–H groups in total. The van der Waals surface area contributed by atoms with Gasteiger partial charge in [-0.2, -0.15) is 0 Å². The molecule has 3 amide bonds. The molecule has 0 radical (unpaired) electrons.